The number of aliphatic hydroxyl groups excluding tert-OH is 1. The van der Waals surface area contributed by atoms with E-state index in [0.717, 1.165) is 38.7 Å². The van der Waals surface area contributed by atoms with Gasteiger partial charge in [0.2, 0.25) is 0 Å². The Balaban J connectivity index is 1.30. The minimum atomic E-state index is -1.35. The zero-order chi connectivity index (χ0) is 22.7. The first-order chi connectivity index (χ1) is 15.0. The Labute approximate surface area is 192 Å². The zero-order valence-corrected chi connectivity index (χ0v) is 20.3. The monoisotopic (exact) mass is 446 g/mol. The Morgan fingerprint density at radius 3 is 2.53 bits per heavy atom. The summed E-state index contributed by atoms with van der Waals surface area (Å²) in [6.45, 7) is 10.0. The molecule has 4 saturated carbocycles. The molecule has 0 radical (unpaired) electrons. The Hall–Kier alpha value is -0.490. The van der Waals surface area contributed by atoms with Gasteiger partial charge in [0.1, 0.15) is 5.60 Å². The van der Waals surface area contributed by atoms with E-state index in [-0.39, 0.29) is 23.7 Å². The van der Waals surface area contributed by atoms with Crippen molar-refractivity contribution in [3.05, 3.63) is 0 Å². The van der Waals surface area contributed by atoms with Crippen LogP contribution < -0.4 is 0 Å². The maximum absolute atomic E-state index is 13.4. The predicted molar refractivity (Wildman–Crippen MR) is 120 cm³/mol. The topological polar surface area (TPSA) is 76.0 Å². The molecule has 0 aromatic carbocycles. The van der Waals surface area contributed by atoms with Gasteiger partial charge in [0.15, 0.2) is 11.6 Å². The van der Waals surface area contributed by atoms with Crippen molar-refractivity contribution >= 4 is 5.78 Å². The number of ketones is 1. The van der Waals surface area contributed by atoms with Gasteiger partial charge in [-0.05, 0) is 73.5 Å². The van der Waals surface area contributed by atoms with Gasteiger partial charge in [0, 0.05) is 30.6 Å². The molecule has 0 amide bonds. The Morgan fingerprint density at radius 2 is 1.81 bits per heavy atom. The molecule has 2 saturated heterocycles. The lowest BCUT2D eigenvalue weighted by molar-refractivity contribution is -0.273. The number of aliphatic hydroxyl groups is 2. The molecule has 5 heteroatoms. The van der Waals surface area contributed by atoms with Crippen LogP contribution in [0.2, 0.25) is 0 Å². The Kier molecular flexibility index (Phi) is 4.68. The highest BCUT2D eigenvalue weighted by molar-refractivity contribution is 5.89. The van der Waals surface area contributed by atoms with Crippen molar-refractivity contribution in [1.82, 2.24) is 0 Å². The summed E-state index contributed by atoms with van der Waals surface area (Å²) >= 11 is 0. The molecule has 1 spiro atoms. The molecule has 5 nitrogen and oxygen atoms in total. The van der Waals surface area contributed by atoms with Crippen molar-refractivity contribution in [1.29, 1.82) is 0 Å². The minimum absolute atomic E-state index is 0.0173. The summed E-state index contributed by atoms with van der Waals surface area (Å²) in [7, 11) is 0. The summed E-state index contributed by atoms with van der Waals surface area (Å²) in [6.07, 6.45) is 7.21. The summed E-state index contributed by atoms with van der Waals surface area (Å²) in [4.78, 5) is 13.4. The normalized spacial score (nSPS) is 61.8. The molecule has 2 heterocycles. The average Bonchev–Trinajstić information content (AvgIpc) is 3.18. The molecule has 6 aliphatic rings. The quantitative estimate of drug-likeness (QED) is 0.586. The van der Waals surface area contributed by atoms with Gasteiger partial charge in [-0.3, -0.25) is 4.79 Å². The highest BCUT2D eigenvalue weighted by Gasteiger charge is 2.72. The molecule has 4 aliphatic carbocycles. The van der Waals surface area contributed by atoms with E-state index in [4.69, 9.17) is 9.47 Å². The van der Waals surface area contributed by atoms with Crippen LogP contribution in [0.1, 0.15) is 85.5 Å². The standard InChI is InChI=1S/C27H42O5/c1-15-5-10-27(31-14-15)16(2)23-21(32-27)12-20-18-11-22(29)26(30)13-17(28)6-9-25(26,4)19(18)7-8-24(20,23)3/h15-21,23,28,30H,5-14H2,1-4H3/t15-,16+,17+,18-,19-,20+,21-,23+,24+,25-,26+,27-/m1/s1. The van der Waals surface area contributed by atoms with Gasteiger partial charge in [-0.25, -0.2) is 0 Å². The van der Waals surface area contributed by atoms with Crippen LogP contribution in [0.3, 0.4) is 0 Å². The van der Waals surface area contributed by atoms with Crippen LogP contribution in [-0.2, 0) is 14.3 Å². The molecule has 180 valence electrons. The van der Waals surface area contributed by atoms with Gasteiger partial charge >= 0.3 is 0 Å². The van der Waals surface area contributed by atoms with E-state index in [2.05, 4.69) is 27.7 Å². The van der Waals surface area contributed by atoms with Crippen molar-refractivity contribution in [3.63, 3.8) is 0 Å². The fraction of sp³-hybridized carbons (Fsp3) is 0.963. The van der Waals surface area contributed by atoms with Crippen LogP contribution in [0.25, 0.3) is 0 Å². The second-order valence-corrected chi connectivity index (χ2v) is 13.2. The summed E-state index contributed by atoms with van der Waals surface area (Å²) in [5, 5.41) is 21.8. The van der Waals surface area contributed by atoms with Gasteiger partial charge in [-0.1, -0.05) is 27.7 Å². The molecule has 2 N–H and O–H groups in total. The van der Waals surface area contributed by atoms with E-state index in [1.165, 1.54) is 6.42 Å². The zero-order valence-electron chi connectivity index (χ0n) is 20.3. The minimum Gasteiger partial charge on any atom is -0.393 e. The fourth-order valence-electron chi connectivity index (χ4n) is 10.0. The van der Waals surface area contributed by atoms with E-state index in [1.807, 2.05) is 0 Å². The van der Waals surface area contributed by atoms with Crippen LogP contribution in [0, 0.1) is 46.3 Å². The number of hydrogen-bond acceptors (Lipinski definition) is 5. The number of Topliss-reactive ketones (excluding diaryl/α,β-unsaturated/α-hetero) is 1. The number of ether oxygens (including phenoxy) is 2. The molecule has 0 bridgehead atoms. The number of rotatable bonds is 0. The summed E-state index contributed by atoms with van der Waals surface area (Å²) in [5.74, 6) is 2.20. The molecular formula is C27H42O5. The lowest BCUT2D eigenvalue weighted by atomic mass is 9.42. The first kappa shape index (κ1) is 22.0. The maximum atomic E-state index is 13.4. The lowest BCUT2D eigenvalue weighted by Gasteiger charge is -2.63. The van der Waals surface area contributed by atoms with Gasteiger partial charge in [-0.15, -0.1) is 0 Å². The molecule has 6 fully saturated rings. The van der Waals surface area contributed by atoms with Crippen molar-refractivity contribution in [2.24, 2.45) is 46.3 Å². The molecular weight excluding hydrogens is 404 g/mol. The van der Waals surface area contributed by atoms with E-state index in [1.54, 1.807) is 0 Å². The third-order valence-corrected chi connectivity index (χ3v) is 11.9. The molecule has 0 aromatic heterocycles. The number of carbonyl (C=O) groups excluding carboxylic acids is 1. The van der Waals surface area contributed by atoms with Gasteiger partial charge < -0.3 is 19.7 Å². The van der Waals surface area contributed by atoms with Crippen LogP contribution in [-0.4, -0.2) is 46.2 Å². The highest BCUT2D eigenvalue weighted by atomic mass is 16.7. The summed E-state index contributed by atoms with van der Waals surface area (Å²) < 4.78 is 13.2. The van der Waals surface area contributed by atoms with E-state index in [0.29, 0.717) is 48.3 Å². The summed E-state index contributed by atoms with van der Waals surface area (Å²) in [5.41, 5.74) is -1.60. The lowest BCUT2D eigenvalue weighted by Crippen LogP contribution is -2.67. The van der Waals surface area contributed by atoms with Gasteiger partial charge in [0.25, 0.3) is 0 Å². The van der Waals surface area contributed by atoms with Crippen molar-refractivity contribution in [3.8, 4) is 0 Å². The van der Waals surface area contributed by atoms with Crippen molar-refractivity contribution < 1.29 is 24.5 Å². The first-order valence-electron chi connectivity index (χ1n) is 13.3. The highest BCUT2D eigenvalue weighted by Crippen LogP contribution is 2.71. The largest absolute Gasteiger partial charge is 0.393 e. The Morgan fingerprint density at radius 1 is 1.03 bits per heavy atom. The molecule has 0 unspecified atom stereocenters. The van der Waals surface area contributed by atoms with E-state index < -0.39 is 22.9 Å². The SMILES string of the molecule is C[C@@H]1CC[C@@]2(OC1)O[C@@H]1C[C@H]3[C@@H]4CC(=O)[C@@]5(O)C[C@@H](O)CC[C@]5(C)[C@@H]4CC[C@]3(C)[C@H]1[C@@H]2C. The van der Waals surface area contributed by atoms with Crippen LogP contribution in [0.5, 0.6) is 0 Å². The molecule has 2 aliphatic heterocycles. The van der Waals surface area contributed by atoms with Gasteiger partial charge in [-0.2, -0.15) is 0 Å². The average molecular weight is 447 g/mol. The summed E-state index contributed by atoms with van der Waals surface area (Å²) in [6, 6.07) is 0. The second kappa shape index (κ2) is 6.80. The van der Waals surface area contributed by atoms with Crippen LogP contribution in [0.15, 0.2) is 0 Å². The first-order valence-corrected chi connectivity index (χ1v) is 13.3. The molecule has 12 atom stereocenters. The third kappa shape index (κ3) is 2.58. The fourth-order valence-corrected chi connectivity index (χ4v) is 10.0. The molecule has 0 aromatic rings. The van der Waals surface area contributed by atoms with Gasteiger partial charge in [0.05, 0.1) is 18.8 Å². The van der Waals surface area contributed by atoms with Crippen molar-refractivity contribution in [2.45, 2.75) is 109 Å². The maximum Gasteiger partial charge on any atom is 0.171 e. The predicted octanol–water partition coefficient (Wildman–Crippen LogP) is 4.09. The third-order valence-electron chi connectivity index (χ3n) is 11.9. The number of hydrogen-bond donors (Lipinski definition) is 2. The van der Waals surface area contributed by atoms with E-state index in [9.17, 15) is 15.0 Å². The number of carbonyl (C=O) groups is 1. The van der Waals surface area contributed by atoms with Crippen LogP contribution >= 0.6 is 0 Å². The van der Waals surface area contributed by atoms with Crippen molar-refractivity contribution in [2.75, 3.05) is 6.61 Å². The number of fused-ring (bicyclic) bond motifs is 7. The smallest absolute Gasteiger partial charge is 0.171 e. The second-order valence-electron chi connectivity index (χ2n) is 13.2. The molecule has 6 rings (SSSR count). The van der Waals surface area contributed by atoms with E-state index >= 15 is 0 Å². The Bertz CT molecular complexity index is 804. The molecule has 32 heavy (non-hydrogen) atoms. The van der Waals surface area contributed by atoms with Crippen LogP contribution in [0.4, 0.5) is 0 Å².